The van der Waals surface area contributed by atoms with Crippen LogP contribution in [0.25, 0.3) is 23.0 Å². The molecule has 0 radical (unpaired) electrons. The maximum Gasteiger partial charge on any atom is 0.265 e. The van der Waals surface area contributed by atoms with Crippen LogP contribution in [-0.4, -0.2) is 21.5 Å². The third-order valence-electron chi connectivity index (χ3n) is 5.37. The number of thiophene rings is 1. The number of benzene rings is 3. The maximum atomic E-state index is 13.0. The van der Waals surface area contributed by atoms with Gasteiger partial charge in [-0.2, -0.15) is 5.10 Å². The molecule has 5 aromatic rings. The Bertz CT molecular complexity index is 1490. The van der Waals surface area contributed by atoms with Crippen molar-refractivity contribution in [3.63, 3.8) is 0 Å². The van der Waals surface area contributed by atoms with E-state index in [4.69, 9.17) is 5.10 Å². The van der Waals surface area contributed by atoms with Crippen LogP contribution in [0.2, 0.25) is 0 Å². The summed E-state index contributed by atoms with van der Waals surface area (Å²) in [6.07, 6.45) is 5.24. The lowest BCUT2D eigenvalue weighted by Crippen LogP contribution is -2.10. The van der Waals surface area contributed by atoms with Crippen LogP contribution < -0.4 is 5.32 Å². The first-order valence-electron chi connectivity index (χ1n) is 11.1. The molecule has 35 heavy (non-hydrogen) atoms. The summed E-state index contributed by atoms with van der Waals surface area (Å²) in [5.74, 6) is -0.357. The lowest BCUT2D eigenvalue weighted by Gasteiger charge is -2.05. The van der Waals surface area contributed by atoms with Gasteiger partial charge in [0.25, 0.3) is 5.91 Å². The second kappa shape index (κ2) is 10.2. The van der Waals surface area contributed by atoms with E-state index >= 15 is 0 Å². The highest BCUT2D eigenvalue weighted by Crippen LogP contribution is 2.25. The number of ketones is 1. The summed E-state index contributed by atoms with van der Waals surface area (Å²) >= 11 is 1.37. The summed E-state index contributed by atoms with van der Waals surface area (Å²) in [6.45, 7) is 0. The van der Waals surface area contributed by atoms with E-state index in [2.05, 4.69) is 5.32 Å². The van der Waals surface area contributed by atoms with Gasteiger partial charge in [0.05, 0.1) is 16.3 Å². The lowest BCUT2D eigenvalue weighted by molar-refractivity contribution is 0.102. The number of anilines is 1. The number of allylic oxidation sites excluding steroid dienone is 1. The zero-order chi connectivity index (χ0) is 24.0. The van der Waals surface area contributed by atoms with E-state index in [1.807, 2.05) is 83.0 Å². The minimum atomic E-state index is -0.194. The van der Waals surface area contributed by atoms with E-state index in [-0.39, 0.29) is 11.7 Å². The maximum absolute atomic E-state index is 13.0. The van der Waals surface area contributed by atoms with Gasteiger partial charge in [-0.15, -0.1) is 11.3 Å². The Balaban J connectivity index is 1.41. The summed E-state index contributed by atoms with van der Waals surface area (Å²) in [5, 5.41) is 9.48. The zero-order valence-corrected chi connectivity index (χ0v) is 19.5. The molecule has 0 atom stereocenters. The molecule has 0 saturated heterocycles. The van der Waals surface area contributed by atoms with Crippen molar-refractivity contribution in [1.82, 2.24) is 9.78 Å². The van der Waals surface area contributed by atoms with E-state index in [9.17, 15) is 9.59 Å². The van der Waals surface area contributed by atoms with Crippen LogP contribution >= 0.6 is 11.3 Å². The number of hydrogen-bond acceptors (Lipinski definition) is 4. The molecule has 2 aromatic heterocycles. The van der Waals surface area contributed by atoms with Gasteiger partial charge in [0.15, 0.2) is 5.78 Å². The van der Waals surface area contributed by atoms with Gasteiger partial charge in [-0.25, -0.2) is 4.68 Å². The van der Waals surface area contributed by atoms with Gasteiger partial charge in [-0.1, -0.05) is 66.7 Å². The molecule has 0 spiro atoms. The first-order chi connectivity index (χ1) is 17.2. The fraction of sp³-hybridized carbons (Fsp3) is 0. The summed E-state index contributed by atoms with van der Waals surface area (Å²) in [7, 11) is 0. The largest absolute Gasteiger partial charge is 0.321 e. The molecular formula is C29H21N3O2S. The van der Waals surface area contributed by atoms with Crippen LogP contribution in [0, 0.1) is 0 Å². The average Bonchev–Trinajstić information content (AvgIpc) is 3.59. The fourth-order valence-corrected chi connectivity index (χ4v) is 4.27. The predicted molar refractivity (Wildman–Crippen MR) is 141 cm³/mol. The molecular weight excluding hydrogens is 454 g/mol. The van der Waals surface area contributed by atoms with Gasteiger partial charge in [0.2, 0.25) is 0 Å². The van der Waals surface area contributed by atoms with Crippen molar-refractivity contribution in [2.45, 2.75) is 0 Å². The van der Waals surface area contributed by atoms with Crippen molar-refractivity contribution in [3.05, 3.63) is 131 Å². The highest BCUT2D eigenvalue weighted by atomic mass is 32.1. The summed E-state index contributed by atoms with van der Waals surface area (Å²) in [5.41, 5.74) is 4.58. The molecule has 2 heterocycles. The molecule has 0 aliphatic carbocycles. The summed E-state index contributed by atoms with van der Waals surface area (Å²) in [4.78, 5) is 26.0. The minimum Gasteiger partial charge on any atom is -0.321 e. The number of para-hydroxylation sites is 1. The van der Waals surface area contributed by atoms with Crippen LogP contribution in [0.1, 0.15) is 25.6 Å². The molecule has 0 saturated carbocycles. The van der Waals surface area contributed by atoms with Gasteiger partial charge in [-0.3, -0.25) is 9.59 Å². The van der Waals surface area contributed by atoms with E-state index in [1.165, 1.54) is 11.3 Å². The van der Waals surface area contributed by atoms with E-state index in [0.717, 1.165) is 22.5 Å². The minimum absolute atomic E-state index is 0.163. The standard InChI is InChI=1S/C29H21N3O2S/c33-26(22-11-7-12-24(19-22)30-29(34)27-15-8-18-35-27)17-16-23-20-32(25-13-5-2-6-14-25)31-28(23)21-9-3-1-4-10-21/h1-20H,(H,30,34)/b17-16+. The molecule has 1 N–H and O–H groups in total. The van der Waals surface area contributed by atoms with Gasteiger partial charge < -0.3 is 5.32 Å². The quantitative estimate of drug-likeness (QED) is 0.209. The highest BCUT2D eigenvalue weighted by molar-refractivity contribution is 7.12. The molecule has 0 aliphatic rings. The number of amides is 1. The first-order valence-corrected chi connectivity index (χ1v) is 11.9. The molecule has 0 bridgehead atoms. The number of aromatic nitrogens is 2. The van der Waals surface area contributed by atoms with Crippen molar-refractivity contribution in [2.24, 2.45) is 0 Å². The number of nitrogens with one attached hydrogen (secondary N) is 1. The van der Waals surface area contributed by atoms with Crippen molar-refractivity contribution in [3.8, 4) is 16.9 Å². The van der Waals surface area contributed by atoms with Crippen LogP contribution in [0.5, 0.6) is 0 Å². The first kappa shape index (κ1) is 22.3. The Morgan fingerprint density at radius 3 is 2.37 bits per heavy atom. The molecule has 5 nitrogen and oxygen atoms in total. The molecule has 1 amide bonds. The summed E-state index contributed by atoms with van der Waals surface area (Å²) in [6, 6.07) is 30.3. The van der Waals surface area contributed by atoms with Crippen LogP contribution in [0.15, 0.2) is 115 Å². The zero-order valence-electron chi connectivity index (χ0n) is 18.7. The fourth-order valence-electron chi connectivity index (χ4n) is 3.65. The second-order valence-corrected chi connectivity index (χ2v) is 8.74. The smallest absolute Gasteiger partial charge is 0.265 e. The second-order valence-electron chi connectivity index (χ2n) is 7.79. The van der Waals surface area contributed by atoms with E-state index < -0.39 is 0 Å². The van der Waals surface area contributed by atoms with Gasteiger partial charge in [-0.05, 0) is 47.9 Å². The van der Waals surface area contributed by atoms with Crippen molar-refractivity contribution < 1.29 is 9.59 Å². The molecule has 5 rings (SSSR count). The Morgan fingerprint density at radius 2 is 1.63 bits per heavy atom. The van der Waals surface area contributed by atoms with Crippen LogP contribution in [0.4, 0.5) is 5.69 Å². The topological polar surface area (TPSA) is 64.0 Å². The third-order valence-corrected chi connectivity index (χ3v) is 6.24. The van der Waals surface area contributed by atoms with Crippen molar-refractivity contribution >= 4 is 34.8 Å². The van der Waals surface area contributed by atoms with Crippen molar-refractivity contribution in [1.29, 1.82) is 0 Å². The molecule has 170 valence electrons. The van der Waals surface area contributed by atoms with Gasteiger partial charge in [0, 0.05) is 28.6 Å². The number of carbonyl (C=O) groups is 2. The molecule has 3 aromatic carbocycles. The number of rotatable bonds is 7. The molecule has 0 unspecified atom stereocenters. The highest BCUT2D eigenvalue weighted by Gasteiger charge is 2.12. The van der Waals surface area contributed by atoms with Crippen LogP contribution in [0.3, 0.4) is 0 Å². The average molecular weight is 476 g/mol. The summed E-state index contributed by atoms with van der Waals surface area (Å²) < 4.78 is 1.81. The monoisotopic (exact) mass is 475 g/mol. The Morgan fingerprint density at radius 1 is 0.857 bits per heavy atom. The Kier molecular flexibility index (Phi) is 6.46. The normalized spacial score (nSPS) is 11.0. The lowest BCUT2D eigenvalue weighted by atomic mass is 10.1. The Hall–Kier alpha value is -4.55. The third kappa shape index (κ3) is 5.18. The van der Waals surface area contributed by atoms with Crippen LogP contribution in [-0.2, 0) is 0 Å². The molecule has 0 aliphatic heterocycles. The molecule has 6 heteroatoms. The van der Waals surface area contributed by atoms with E-state index in [1.54, 1.807) is 42.5 Å². The number of hydrogen-bond donors (Lipinski definition) is 1. The van der Waals surface area contributed by atoms with Gasteiger partial charge >= 0.3 is 0 Å². The predicted octanol–water partition coefficient (Wildman–Crippen LogP) is 6.75. The number of carbonyl (C=O) groups excluding carboxylic acids is 2. The van der Waals surface area contributed by atoms with E-state index in [0.29, 0.717) is 16.1 Å². The Labute approximate surface area is 207 Å². The molecule has 0 fully saturated rings. The number of nitrogens with zero attached hydrogens (tertiary/aromatic N) is 2. The van der Waals surface area contributed by atoms with Crippen molar-refractivity contribution in [2.75, 3.05) is 5.32 Å². The SMILES string of the molecule is O=C(/C=C/c1cn(-c2ccccc2)nc1-c1ccccc1)c1cccc(NC(=O)c2cccs2)c1. The van der Waals surface area contributed by atoms with Gasteiger partial charge in [0.1, 0.15) is 0 Å².